The van der Waals surface area contributed by atoms with Crippen LogP contribution in [0.1, 0.15) is 26.5 Å². The van der Waals surface area contributed by atoms with Crippen molar-refractivity contribution in [1.29, 1.82) is 0 Å². The van der Waals surface area contributed by atoms with Crippen molar-refractivity contribution in [2.45, 2.75) is 6.18 Å². The summed E-state index contributed by atoms with van der Waals surface area (Å²) in [5.74, 6) is -2.66. The molecule has 3 aromatic rings. The number of benzene rings is 2. The zero-order valence-corrected chi connectivity index (χ0v) is 17.9. The Morgan fingerprint density at radius 2 is 1.77 bits per heavy atom. The Morgan fingerprint density at radius 3 is 2.40 bits per heavy atom. The molecule has 0 unspecified atom stereocenters. The molecule has 4 rings (SSSR count). The predicted octanol–water partition coefficient (Wildman–Crippen LogP) is 4.78. The number of hydrogen-bond acceptors (Lipinski definition) is 6. The lowest BCUT2D eigenvalue weighted by atomic mass is 10.1. The zero-order valence-electron chi connectivity index (χ0n) is 17.9. The highest BCUT2D eigenvalue weighted by molar-refractivity contribution is 6.34. The van der Waals surface area contributed by atoms with E-state index in [1.165, 1.54) is 43.5 Å². The molecule has 0 radical (unpaired) electrons. The maximum absolute atomic E-state index is 13.7. The number of hydrazone groups is 1. The van der Waals surface area contributed by atoms with Gasteiger partial charge in [0.15, 0.2) is 5.71 Å². The SMILES string of the molecule is COC(=O)c1cccc(-c2ccc(/C=C3/C(=O)N(c4ccc(C(=O)O)cc4)N=C3C(F)(F)F)o2)c1. The minimum absolute atomic E-state index is 0.0371. The van der Waals surface area contributed by atoms with Crippen LogP contribution in [0, 0.1) is 0 Å². The number of hydrogen-bond donors (Lipinski definition) is 1. The number of ether oxygens (including phenoxy) is 1. The second-order valence-corrected chi connectivity index (χ2v) is 7.25. The number of nitrogens with zero attached hydrogens (tertiary/aromatic N) is 2. The molecule has 1 aliphatic heterocycles. The minimum atomic E-state index is -4.94. The number of rotatable bonds is 5. The summed E-state index contributed by atoms with van der Waals surface area (Å²) in [5.41, 5.74) is -1.58. The summed E-state index contributed by atoms with van der Waals surface area (Å²) in [4.78, 5) is 35.6. The van der Waals surface area contributed by atoms with Gasteiger partial charge in [-0.2, -0.15) is 23.3 Å². The number of alkyl halides is 3. The highest BCUT2D eigenvalue weighted by Crippen LogP contribution is 2.33. The highest BCUT2D eigenvalue weighted by Gasteiger charge is 2.47. The molecule has 178 valence electrons. The van der Waals surface area contributed by atoms with E-state index in [4.69, 9.17) is 9.52 Å². The fraction of sp³-hybridized carbons (Fsp3) is 0.0833. The number of halogens is 3. The largest absolute Gasteiger partial charge is 0.478 e. The van der Waals surface area contributed by atoms with Crippen molar-refractivity contribution in [3.63, 3.8) is 0 Å². The van der Waals surface area contributed by atoms with Crippen molar-refractivity contribution < 1.29 is 41.8 Å². The van der Waals surface area contributed by atoms with Crippen molar-refractivity contribution in [3.05, 3.63) is 83.1 Å². The highest BCUT2D eigenvalue weighted by atomic mass is 19.4. The molecule has 1 amide bonds. The first-order chi connectivity index (χ1) is 16.6. The first kappa shape index (κ1) is 23.5. The lowest BCUT2D eigenvalue weighted by Crippen LogP contribution is -2.25. The van der Waals surface area contributed by atoms with Gasteiger partial charge < -0.3 is 14.3 Å². The van der Waals surface area contributed by atoms with Gasteiger partial charge in [0.05, 0.1) is 29.5 Å². The number of methoxy groups -OCH3 is 1. The van der Waals surface area contributed by atoms with Crippen LogP contribution in [0.5, 0.6) is 0 Å². The number of anilines is 1. The molecule has 35 heavy (non-hydrogen) atoms. The average molecular weight is 484 g/mol. The van der Waals surface area contributed by atoms with Crippen LogP contribution < -0.4 is 5.01 Å². The summed E-state index contributed by atoms with van der Waals surface area (Å²) in [6, 6.07) is 13.8. The molecule has 0 saturated heterocycles. The lowest BCUT2D eigenvalue weighted by Gasteiger charge is -2.11. The van der Waals surface area contributed by atoms with Crippen LogP contribution >= 0.6 is 0 Å². The fourth-order valence-electron chi connectivity index (χ4n) is 3.32. The Labute approximate surface area is 195 Å². The molecule has 0 spiro atoms. The van der Waals surface area contributed by atoms with E-state index in [0.29, 0.717) is 10.6 Å². The van der Waals surface area contributed by atoms with Gasteiger partial charge in [0, 0.05) is 5.56 Å². The van der Waals surface area contributed by atoms with E-state index in [-0.39, 0.29) is 28.3 Å². The number of amides is 1. The molecule has 2 aromatic carbocycles. The Kier molecular flexibility index (Phi) is 6.00. The van der Waals surface area contributed by atoms with Gasteiger partial charge in [-0.15, -0.1) is 0 Å². The topological polar surface area (TPSA) is 109 Å². The van der Waals surface area contributed by atoms with Crippen LogP contribution in [0.3, 0.4) is 0 Å². The van der Waals surface area contributed by atoms with Gasteiger partial charge in [-0.3, -0.25) is 4.79 Å². The number of carbonyl (C=O) groups is 3. The van der Waals surface area contributed by atoms with Crippen LogP contribution in [0.4, 0.5) is 18.9 Å². The summed E-state index contributed by atoms with van der Waals surface area (Å²) >= 11 is 0. The average Bonchev–Trinajstić information content (AvgIpc) is 3.44. The maximum Gasteiger partial charge on any atom is 0.435 e. The van der Waals surface area contributed by atoms with Crippen molar-refractivity contribution in [1.82, 2.24) is 0 Å². The summed E-state index contributed by atoms with van der Waals surface area (Å²) in [7, 11) is 1.23. The van der Waals surface area contributed by atoms with E-state index in [1.807, 2.05) is 0 Å². The number of carboxylic acids is 1. The van der Waals surface area contributed by atoms with Gasteiger partial charge in [-0.25, -0.2) is 9.59 Å². The monoisotopic (exact) mass is 484 g/mol. The van der Waals surface area contributed by atoms with Crippen LogP contribution in [0.15, 0.2) is 75.8 Å². The molecule has 0 fully saturated rings. The number of carboxylic acid groups (broad SMARTS) is 1. The van der Waals surface area contributed by atoms with Crippen molar-refractivity contribution in [3.8, 4) is 11.3 Å². The maximum atomic E-state index is 13.7. The molecule has 8 nitrogen and oxygen atoms in total. The lowest BCUT2D eigenvalue weighted by molar-refractivity contribution is -0.114. The van der Waals surface area contributed by atoms with E-state index >= 15 is 0 Å². The molecule has 11 heteroatoms. The summed E-state index contributed by atoms with van der Waals surface area (Å²) in [6.07, 6.45) is -4.02. The number of esters is 1. The first-order valence-electron chi connectivity index (χ1n) is 9.93. The van der Waals surface area contributed by atoms with Crippen LogP contribution in [0.25, 0.3) is 17.4 Å². The van der Waals surface area contributed by atoms with E-state index < -0.39 is 35.3 Å². The molecule has 1 aromatic heterocycles. The van der Waals surface area contributed by atoms with Gasteiger partial charge in [0.25, 0.3) is 5.91 Å². The molecule has 0 atom stereocenters. The predicted molar refractivity (Wildman–Crippen MR) is 118 cm³/mol. The number of carbonyl (C=O) groups excluding carboxylic acids is 2. The van der Waals surface area contributed by atoms with E-state index in [0.717, 1.165) is 18.2 Å². The van der Waals surface area contributed by atoms with E-state index in [1.54, 1.807) is 12.1 Å². The molecule has 0 saturated carbocycles. The van der Waals surface area contributed by atoms with Gasteiger partial charge in [-0.1, -0.05) is 12.1 Å². The Hall–Kier alpha value is -4.67. The summed E-state index contributed by atoms with van der Waals surface area (Å²) < 4.78 is 51.3. The molecular formula is C24H15F3N2O6. The molecule has 2 heterocycles. The van der Waals surface area contributed by atoms with Gasteiger partial charge in [0.2, 0.25) is 0 Å². The first-order valence-corrected chi connectivity index (χ1v) is 9.93. The second-order valence-electron chi connectivity index (χ2n) is 7.25. The third kappa shape index (κ3) is 4.69. The van der Waals surface area contributed by atoms with Crippen molar-refractivity contribution >= 4 is 35.3 Å². The molecule has 0 aliphatic carbocycles. The second kappa shape index (κ2) is 8.93. The molecular weight excluding hydrogens is 469 g/mol. The third-order valence-electron chi connectivity index (χ3n) is 4.99. The van der Waals surface area contributed by atoms with E-state index in [2.05, 4.69) is 9.84 Å². The normalized spacial score (nSPS) is 14.9. The number of furan rings is 1. The summed E-state index contributed by atoms with van der Waals surface area (Å²) in [5, 5.41) is 13.0. The van der Waals surface area contributed by atoms with Crippen LogP contribution in [0.2, 0.25) is 0 Å². The number of aromatic carboxylic acids is 1. The van der Waals surface area contributed by atoms with E-state index in [9.17, 15) is 27.6 Å². The summed E-state index contributed by atoms with van der Waals surface area (Å²) in [6.45, 7) is 0. The van der Waals surface area contributed by atoms with Gasteiger partial charge >= 0.3 is 18.1 Å². The minimum Gasteiger partial charge on any atom is -0.478 e. The Morgan fingerprint density at radius 1 is 1.06 bits per heavy atom. The quantitative estimate of drug-likeness (QED) is 0.412. The fourth-order valence-corrected chi connectivity index (χ4v) is 3.32. The molecule has 1 aliphatic rings. The van der Waals surface area contributed by atoms with Crippen molar-refractivity contribution in [2.75, 3.05) is 12.1 Å². The zero-order chi connectivity index (χ0) is 25.3. The standard InChI is InChI=1S/C24H15F3N2O6/c1-34-23(33)15-4-2-3-14(11-15)19-10-9-17(35-19)12-18-20(24(25,26)27)28-29(21(18)30)16-7-5-13(6-8-16)22(31)32/h2-12H,1H3,(H,31,32)/b18-12+. The third-order valence-corrected chi connectivity index (χ3v) is 4.99. The van der Waals surface area contributed by atoms with Crippen LogP contribution in [-0.4, -0.2) is 42.0 Å². The van der Waals surface area contributed by atoms with Crippen LogP contribution in [-0.2, 0) is 9.53 Å². The smallest absolute Gasteiger partial charge is 0.435 e. The Bertz CT molecular complexity index is 1390. The van der Waals surface area contributed by atoms with Gasteiger partial charge in [0.1, 0.15) is 11.5 Å². The molecule has 1 N–H and O–H groups in total. The van der Waals surface area contributed by atoms with Crippen molar-refractivity contribution in [2.24, 2.45) is 5.10 Å². The van der Waals surface area contributed by atoms with Gasteiger partial charge in [-0.05, 0) is 54.6 Å². The molecule has 0 bridgehead atoms. The Balaban J connectivity index is 1.68.